The number of carbonyl (C=O) groups is 3. The van der Waals surface area contributed by atoms with Gasteiger partial charge < -0.3 is 25.2 Å². The molecule has 3 N–H and O–H groups in total. The van der Waals surface area contributed by atoms with Gasteiger partial charge in [0.05, 0.1) is 0 Å². The Labute approximate surface area is 177 Å². The molecule has 0 aliphatic carbocycles. The third-order valence-electron chi connectivity index (χ3n) is 4.65. The van der Waals surface area contributed by atoms with Gasteiger partial charge in [0.15, 0.2) is 0 Å². The number of carboxylic acids is 1. The van der Waals surface area contributed by atoms with E-state index in [1.807, 2.05) is 0 Å². The van der Waals surface area contributed by atoms with Crippen LogP contribution in [0.4, 0.5) is 4.39 Å². The van der Waals surface area contributed by atoms with E-state index in [4.69, 9.17) is 9.84 Å². The second-order valence-electron chi connectivity index (χ2n) is 6.93. The zero-order valence-corrected chi connectivity index (χ0v) is 16.5. The van der Waals surface area contributed by atoms with Crippen LogP contribution in [0.15, 0.2) is 59.9 Å². The van der Waals surface area contributed by atoms with Crippen LogP contribution in [0.1, 0.15) is 17.5 Å². The molecule has 9 heteroatoms. The monoisotopic (exact) mass is 428 g/mol. The molecule has 31 heavy (non-hydrogen) atoms. The number of aliphatic hydroxyl groups is 1. The van der Waals surface area contributed by atoms with Crippen molar-refractivity contribution in [3.63, 3.8) is 0 Å². The number of hydrogen-bond donors (Lipinski definition) is 3. The number of amides is 2. The van der Waals surface area contributed by atoms with Gasteiger partial charge in [-0.3, -0.25) is 14.4 Å². The summed E-state index contributed by atoms with van der Waals surface area (Å²) in [5, 5.41) is 20.7. The van der Waals surface area contributed by atoms with E-state index < -0.39 is 29.9 Å². The second kappa shape index (κ2) is 9.75. The van der Waals surface area contributed by atoms with E-state index in [9.17, 15) is 23.9 Å². The number of halogens is 1. The minimum absolute atomic E-state index is 0.0976. The maximum atomic E-state index is 12.9. The molecule has 1 aliphatic heterocycles. The molecule has 0 spiro atoms. The SMILES string of the molecule is O=C(O)CNC(=O)C1=C(O)CCN(Cc2ccc(OCc3ccc(F)cc3)cc2)C1=O. The van der Waals surface area contributed by atoms with Crippen LogP contribution >= 0.6 is 0 Å². The van der Waals surface area contributed by atoms with Gasteiger partial charge in [0, 0.05) is 19.5 Å². The summed E-state index contributed by atoms with van der Waals surface area (Å²) < 4.78 is 18.6. The lowest BCUT2D eigenvalue weighted by atomic mass is 10.0. The van der Waals surface area contributed by atoms with Crippen LogP contribution in [0.25, 0.3) is 0 Å². The predicted molar refractivity (Wildman–Crippen MR) is 108 cm³/mol. The summed E-state index contributed by atoms with van der Waals surface area (Å²) in [4.78, 5) is 36.7. The third kappa shape index (κ3) is 5.81. The molecule has 0 saturated heterocycles. The zero-order valence-electron chi connectivity index (χ0n) is 16.5. The van der Waals surface area contributed by atoms with E-state index >= 15 is 0 Å². The molecule has 0 aromatic heterocycles. The summed E-state index contributed by atoms with van der Waals surface area (Å²) in [5.41, 5.74) is 1.17. The number of carboxylic acid groups (broad SMARTS) is 1. The molecule has 0 unspecified atom stereocenters. The van der Waals surface area contributed by atoms with Crippen molar-refractivity contribution in [2.24, 2.45) is 0 Å². The molecule has 2 amide bonds. The first-order chi connectivity index (χ1) is 14.8. The number of aliphatic carboxylic acids is 1. The Morgan fingerprint density at radius 2 is 1.71 bits per heavy atom. The van der Waals surface area contributed by atoms with E-state index in [-0.39, 0.29) is 37.7 Å². The van der Waals surface area contributed by atoms with Crippen molar-refractivity contribution in [3.05, 3.63) is 76.8 Å². The average molecular weight is 428 g/mol. The standard InChI is InChI=1S/C22H21FN2O6/c23-16-5-1-15(2-6-16)13-31-17-7-3-14(4-8-17)12-25-10-9-18(26)20(22(25)30)21(29)24-11-19(27)28/h1-8,26H,9-13H2,(H,24,29)(H,27,28). The van der Waals surface area contributed by atoms with Crippen LogP contribution < -0.4 is 10.1 Å². The van der Waals surface area contributed by atoms with Crippen molar-refractivity contribution in [3.8, 4) is 5.75 Å². The Kier molecular flexibility index (Phi) is 6.86. The van der Waals surface area contributed by atoms with Gasteiger partial charge in [0.1, 0.15) is 36.1 Å². The Balaban J connectivity index is 1.59. The van der Waals surface area contributed by atoms with Crippen molar-refractivity contribution in [1.29, 1.82) is 0 Å². The molecule has 1 heterocycles. The molecule has 8 nitrogen and oxygen atoms in total. The van der Waals surface area contributed by atoms with Gasteiger partial charge in [-0.1, -0.05) is 24.3 Å². The highest BCUT2D eigenvalue weighted by Gasteiger charge is 2.32. The van der Waals surface area contributed by atoms with Gasteiger partial charge in [0.2, 0.25) is 0 Å². The first-order valence-corrected chi connectivity index (χ1v) is 9.51. The van der Waals surface area contributed by atoms with E-state index in [0.717, 1.165) is 11.1 Å². The number of hydrogen-bond acceptors (Lipinski definition) is 5. The number of carbonyl (C=O) groups excluding carboxylic acids is 2. The number of nitrogens with zero attached hydrogens (tertiary/aromatic N) is 1. The molecule has 2 aromatic rings. The van der Waals surface area contributed by atoms with Gasteiger partial charge in [-0.2, -0.15) is 0 Å². The predicted octanol–water partition coefficient (Wildman–Crippen LogP) is 2.15. The van der Waals surface area contributed by atoms with E-state index in [1.165, 1.54) is 17.0 Å². The summed E-state index contributed by atoms with van der Waals surface area (Å²) in [6.45, 7) is 0.0641. The molecule has 0 radical (unpaired) electrons. The molecular formula is C22H21FN2O6. The lowest BCUT2D eigenvalue weighted by Crippen LogP contribution is -2.43. The van der Waals surface area contributed by atoms with Crippen LogP contribution in [0.3, 0.4) is 0 Å². The lowest BCUT2D eigenvalue weighted by molar-refractivity contribution is -0.138. The van der Waals surface area contributed by atoms with E-state index in [0.29, 0.717) is 5.75 Å². The quantitative estimate of drug-likeness (QED) is 0.555. The van der Waals surface area contributed by atoms with Crippen LogP contribution in [0.2, 0.25) is 0 Å². The number of rotatable bonds is 8. The van der Waals surface area contributed by atoms with Gasteiger partial charge in [-0.15, -0.1) is 0 Å². The van der Waals surface area contributed by atoms with Gasteiger partial charge >= 0.3 is 5.97 Å². The van der Waals surface area contributed by atoms with Crippen molar-refractivity contribution in [2.45, 2.75) is 19.6 Å². The fourth-order valence-corrected chi connectivity index (χ4v) is 3.03. The lowest BCUT2D eigenvalue weighted by Gasteiger charge is -2.28. The van der Waals surface area contributed by atoms with Gasteiger partial charge in [-0.25, -0.2) is 4.39 Å². The Morgan fingerprint density at radius 1 is 1.06 bits per heavy atom. The molecule has 0 fully saturated rings. The van der Waals surface area contributed by atoms with Crippen LogP contribution in [0, 0.1) is 5.82 Å². The first-order valence-electron chi connectivity index (χ1n) is 9.51. The van der Waals surface area contributed by atoms with Crippen molar-refractivity contribution in [2.75, 3.05) is 13.1 Å². The fraction of sp³-hybridized carbons (Fsp3) is 0.227. The minimum atomic E-state index is -1.25. The number of nitrogens with one attached hydrogen (secondary N) is 1. The molecule has 3 rings (SSSR count). The summed E-state index contributed by atoms with van der Waals surface area (Å²) in [7, 11) is 0. The Hall–Kier alpha value is -3.88. The van der Waals surface area contributed by atoms with Gasteiger partial charge in [-0.05, 0) is 35.4 Å². The summed E-state index contributed by atoms with van der Waals surface area (Å²) in [6, 6.07) is 13.0. The molecule has 162 valence electrons. The smallest absolute Gasteiger partial charge is 0.322 e. The maximum Gasteiger partial charge on any atom is 0.322 e. The third-order valence-corrected chi connectivity index (χ3v) is 4.65. The number of benzene rings is 2. The summed E-state index contributed by atoms with van der Waals surface area (Å²) in [5.74, 6) is -2.90. The minimum Gasteiger partial charge on any atom is -0.511 e. The highest BCUT2D eigenvalue weighted by atomic mass is 19.1. The molecule has 1 aliphatic rings. The highest BCUT2D eigenvalue weighted by molar-refractivity contribution is 6.19. The van der Waals surface area contributed by atoms with Crippen LogP contribution in [-0.2, 0) is 27.5 Å². The Bertz CT molecular complexity index is 1000. The van der Waals surface area contributed by atoms with Crippen molar-refractivity contribution >= 4 is 17.8 Å². The van der Waals surface area contributed by atoms with Crippen LogP contribution in [-0.4, -0.2) is 46.0 Å². The average Bonchev–Trinajstić information content (AvgIpc) is 2.75. The summed E-state index contributed by atoms with van der Waals surface area (Å²) in [6.07, 6.45) is 0.0976. The topological polar surface area (TPSA) is 116 Å². The molecular weight excluding hydrogens is 407 g/mol. The van der Waals surface area contributed by atoms with Gasteiger partial charge in [0.25, 0.3) is 11.8 Å². The zero-order chi connectivity index (χ0) is 22.4. The Morgan fingerprint density at radius 3 is 2.35 bits per heavy atom. The highest BCUT2D eigenvalue weighted by Crippen LogP contribution is 2.21. The van der Waals surface area contributed by atoms with E-state index in [1.54, 1.807) is 36.4 Å². The largest absolute Gasteiger partial charge is 0.511 e. The second-order valence-corrected chi connectivity index (χ2v) is 6.93. The summed E-state index contributed by atoms with van der Waals surface area (Å²) >= 11 is 0. The number of ether oxygens (including phenoxy) is 1. The van der Waals surface area contributed by atoms with E-state index in [2.05, 4.69) is 5.32 Å². The normalized spacial score (nSPS) is 13.8. The maximum absolute atomic E-state index is 12.9. The first kappa shape index (κ1) is 21.8. The van der Waals surface area contributed by atoms with Crippen LogP contribution in [0.5, 0.6) is 5.75 Å². The number of aliphatic hydroxyl groups excluding tert-OH is 1. The fourth-order valence-electron chi connectivity index (χ4n) is 3.03. The van der Waals surface area contributed by atoms with Crippen molar-refractivity contribution < 1.29 is 33.7 Å². The molecule has 0 saturated carbocycles. The molecule has 0 bridgehead atoms. The molecule has 0 atom stereocenters. The van der Waals surface area contributed by atoms with Crippen molar-refractivity contribution in [1.82, 2.24) is 10.2 Å². The molecule has 2 aromatic carbocycles.